The van der Waals surface area contributed by atoms with Crippen molar-refractivity contribution in [1.82, 2.24) is 0 Å². The van der Waals surface area contributed by atoms with Crippen LogP contribution in [0, 0.1) is 62.6 Å². The van der Waals surface area contributed by atoms with Crippen LogP contribution in [0.25, 0.3) is 0 Å². The summed E-state index contributed by atoms with van der Waals surface area (Å²) in [5.41, 5.74) is 2.07. The van der Waals surface area contributed by atoms with Gasteiger partial charge in [0.05, 0.1) is 6.61 Å². The maximum Gasteiger partial charge on any atom is 0.302 e. The highest BCUT2D eigenvalue weighted by atomic mass is 16.5. The Morgan fingerprint density at radius 3 is 2.14 bits per heavy atom. The maximum atomic E-state index is 13.3. The molecule has 0 heterocycles. The third-order valence-corrected chi connectivity index (χ3v) is 14.7. The average molecular weight is 511 g/mol. The molecule has 0 aliphatic heterocycles. The Morgan fingerprint density at radius 1 is 0.811 bits per heavy atom. The van der Waals surface area contributed by atoms with Crippen LogP contribution in [0.2, 0.25) is 0 Å². The quantitative estimate of drug-likeness (QED) is 0.282. The number of allylic oxidation sites excluding steroid dienone is 1. The molecule has 0 aromatic carbocycles. The zero-order chi connectivity index (χ0) is 27.2. The monoisotopic (exact) mass is 510 g/mol. The molecule has 37 heavy (non-hydrogen) atoms. The van der Waals surface area contributed by atoms with Crippen molar-refractivity contribution in [2.45, 2.75) is 120 Å². The molecular formula is C34H54O3. The van der Waals surface area contributed by atoms with Gasteiger partial charge in [0.25, 0.3) is 0 Å². The highest BCUT2D eigenvalue weighted by Gasteiger charge is 2.71. The van der Waals surface area contributed by atoms with Crippen molar-refractivity contribution in [2.24, 2.45) is 62.6 Å². The first-order valence-corrected chi connectivity index (χ1v) is 15.5. The molecule has 0 N–H and O–H groups in total. The number of carbonyl (C=O) groups is 2. The van der Waals surface area contributed by atoms with E-state index in [1.807, 2.05) is 6.92 Å². The van der Waals surface area contributed by atoms with Crippen LogP contribution in [0.5, 0.6) is 0 Å². The van der Waals surface area contributed by atoms with E-state index in [2.05, 4.69) is 48.1 Å². The fourth-order valence-corrected chi connectivity index (χ4v) is 12.2. The number of ketones is 1. The van der Waals surface area contributed by atoms with Crippen LogP contribution < -0.4 is 0 Å². The number of esters is 1. The summed E-state index contributed by atoms with van der Waals surface area (Å²) in [6.45, 7) is 23.4. The largest absolute Gasteiger partial charge is 0.465 e. The minimum absolute atomic E-state index is 0.0462. The van der Waals surface area contributed by atoms with Crippen molar-refractivity contribution in [1.29, 1.82) is 0 Å². The molecule has 0 spiro atoms. The van der Waals surface area contributed by atoms with Crippen LogP contribution in [0.15, 0.2) is 12.2 Å². The molecule has 5 saturated carbocycles. The first kappa shape index (κ1) is 27.4. The smallest absolute Gasteiger partial charge is 0.302 e. The Morgan fingerprint density at radius 2 is 1.51 bits per heavy atom. The van der Waals surface area contributed by atoms with Gasteiger partial charge in [-0.25, -0.2) is 0 Å². The second kappa shape index (κ2) is 8.69. The lowest BCUT2D eigenvalue weighted by Crippen LogP contribution is -2.67. The Kier molecular flexibility index (Phi) is 6.45. The van der Waals surface area contributed by atoms with Gasteiger partial charge in [-0.1, -0.05) is 46.8 Å². The number of hydrogen-bond acceptors (Lipinski definition) is 3. The van der Waals surface area contributed by atoms with Crippen LogP contribution in [-0.2, 0) is 14.3 Å². The van der Waals surface area contributed by atoms with Crippen molar-refractivity contribution in [3.05, 3.63) is 12.2 Å². The second-order valence-corrected chi connectivity index (χ2v) is 15.6. The Labute approximate surface area is 227 Å². The summed E-state index contributed by atoms with van der Waals surface area (Å²) in [5, 5.41) is 0. The molecule has 208 valence electrons. The zero-order valence-corrected chi connectivity index (χ0v) is 25.2. The normalized spacial score (nSPS) is 52.8. The van der Waals surface area contributed by atoms with Crippen molar-refractivity contribution in [3.8, 4) is 0 Å². The molecule has 5 aliphatic rings. The predicted octanol–water partition coefficient (Wildman–Crippen LogP) is 8.41. The number of rotatable bonds is 4. The lowest BCUT2D eigenvalue weighted by atomic mass is 9.31. The van der Waals surface area contributed by atoms with Gasteiger partial charge >= 0.3 is 5.97 Å². The Balaban J connectivity index is 1.53. The van der Waals surface area contributed by atoms with Gasteiger partial charge < -0.3 is 4.74 Å². The summed E-state index contributed by atoms with van der Waals surface area (Å²) < 4.78 is 5.75. The van der Waals surface area contributed by atoms with Crippen molar-refractivity contribution >= 4 is 11.8 Å². The zero-order valence-electron chi connectivity index (χ0n) is 25.2. The molecule has 0 aromatic heterocycles. The predicted molar refractivity (Wildman–Crippen MR) is 150 cm³/mol. The molecule has 3 nitrogen and oxygen atoms in total. The topological polar surface area (TPSA) is 43.4 Å². The van der Waals surface area contributed by atoms with Gasteiger partial charge in [0, 0.05) is 17.8 Å². The second-order valence-electron chi connectivity index (χ2n) is 15.6. The van der Waals surface area contributed by atoms with Crippen molar-refractivity contribution < 1.29 is 14.3 Å². The Hall–Kier alpha value is -1.12. The molecule has 0 radical (unpaired) electrons. The summed E-state index contributed by atoms with van der Waals surface area (Å²) in [4.78, 5) is 25.1. The minimum atomic E-state index is -0.144. The van der Waals surface area contributed by atoms with Crippen molar-refractivity contribution in [3.63, 3.8) is 0 Å². The summed E-state index contributed by atoms with van der Waals surface area (Å²) in [5.74, 6) is 3.76. The highest BCUT2D eigenvalue weighted by molar-refractivity contribution is 5.83. The van der Waals surface area contributed by atoms with Crippen LogP contribution in [0.3, 0.4) is 0 Å². The van der Waals surface area contributed by atoms with Gasteiger partial charge in [0.2, 0.25) is 0 Å². The first-order chi connectivity index (χ1) is 17.2. The Bertz CT molecular complexity index is 984. The lowest BCUT2D eigenvalue weighted by molar-refractivity contribution is -0.246. The SMILES string of the molecule is C=C(C)[C@@H]1CC[C@]2(C(C)=O)CC[C@]3(C)C(CCC4[C@@]5(C)CC[C@H](C)[C@@](C)(COC(C)=O)C5CC[C@]43C)C12. The van der Waals surface area contributed by atoms with Gasteiger partial charge in [-0.05, 0) is 130 Å². The van der Waals surface area contributed by atoms with E-state index in [0.29, 0.717) is 47.9 Å². The molecule has 11 atom stereocenters. The molecule has 5 fully saturated rings. The van der Waals surface area contributed by atoms with E-state index >= 15 is 0 Å². The van der Waals surface area contributed by atoms with Crippen LogP contribution in [0.1, 0.15) is 120 Å². The van der Waals surface area contributed by atoms with Gasteiger partial charge in [-0.3, -0.25) is 9.59 Å². The number of carbonyl (C=O) groups excluding carboxylic acids is 2. The number of ether oxygens (including phenoxy) is 1. The molecule has 0 aromatic rings. The fraction of sp³-hybridized carbons (Fsp3) is 0.882. The fourth-order valence-electron chi connectivity index (χ4n) is 12.2. The van der Waals surface area contributed by atoms with E-state index in [4.69, 9.17) is 4.74 Å². The average Bonchev–Trinajstić information content (AvgIpc) is 3.22. The van der Waals surface area contributed by atoms with Crippen LogP contribution in [0.4, 0.5) is 0 Å². The molecule has 0 bridgehead atoms. The number of hydrogen-bond donors (Lipinski definition) is 0. The van der Waals surface area contributed by atoms with Gasteiger partial charge in [-0.15, -0.1) is 0 Å². The van der Waals surface area contributed by atoms with Gasteiger partial charge in [0.15, 0.2) is 0 Å². The van der Waals surface area contributed by atoms with Gasteiger partial charge in [-0.2, -0.15) is 0 Å². The highest BCUT2D eigenvalue weighted by Crippen LogP contribution is 2.77. The number of fused-ring (bicyclic) bond motifs is 7. The molecule has 0 saturated heterocycles. The van der Waals surface area contributed by atoms with E-state index in [1.165, 1.54) is 50.5 Å². The molecule has 5 aliphatic carbocycles. The lowest BCUT2D eigenvalue weighted by Gasteiger charge is -2.73. The molecule has 0 amide bonds. The summed E-state index contributed by atoms with van der Waals surface area (Å²) >= 11 is 0. The van der Waals surface area contributed by atoms with E-state index in [-0.39, 0.29) is 33.0 Å². The van der Waals surface area contributed by atoms with Gasteiger partial charge in [0.1, 0.15) is 5.78 Å². The maximum absolute atomic E-state index is 13.3. The van der Waals surface area contributed by atoms with E-state index in [0.717, 1.165) is 19.3 Å². The first-order valence-electron chi connectivity index (χ1n) is 15.5. The van der Waals surface area contributed by atoms with E-state index < -0.39 is 0 Å². The standard InChI is InChI=1S/C34H54O3/c1-21(2)25-13-17-34(23(4)35)19-18-32(8)26(29(25)34)10-11-28-30(6)15-12-22(3)31(7,20-37-24(5)36)27(30)14-16-33(28,32)9/h22,25-29H,1,10-20H2,2-9H3/t22-,25-,26?,27?,28?,29?,30-,31+,32+,33+,34+/m0/s1. The third-order valence-electron chi connectivity index (χ3n) is 14.7. The van der Waals surface area contributed by atoms with Crippen LogP contribution in [-0.4, -0.2) is 18.4 Å². The summed E-state index contributed by atoms with van der Waals surface area (Å²) in [7, 11) is 0. The minimum Gasteiger partial charge on any atom is -0.465 e. The van der Waals surface area contributed by atoms with Crippen molar-refractivity contribution in [2.75, 3.05) is 6.61 Å². The van der Waals surface area contributed by atoms with E-state index in [9.17, 15) is 9.59 Å². The van der Waals surface area contributed by atoms with Crippen LogP contribution >= 0.6 is 0 Å². The molecular weight excluding hydrogens is 456 g/mol. The molecule has 3 heteroatoms. The summed E-state index contributed by atoms with van der Waals surface area (Å²) in [6, 6.07) is 0. The van der Waals surface area contributed by atoms with E-state index in [1.54, 1.807) is 6.92 Å². The summed E-state index contributed by atoms with van der Waals surface area (Å²) in [6.07, 6.45) is 12.1. The molecule has 4 unspecified atom stereocenters. The third kappa shape index (κ3) is 3.49. The number of Topliss-reactive ketones (excluding diaryl/α,β-unsaturated/α-hetero) is 1. The molecule has 5 rings (SSSR count).